The summed E-state index contributed by atoms with van der Waals surface area (Å²) >= 11 is 0. The molecule has 19 heavy (non-hydrogen) atoms. The second kappa shape index (κ2) is 9.70. The summed E-state index contributed by atoms with van der Waals surface area (Å²) in [6, 6.07) is 1.12. The van der Waals surface area contributed by atoms with E-state index in [1.54, 1.807) is 0 Å². The lowest BCUT2D eigenvalue weighted by Gasteiger charge is -2.39. The molecule has 3 N–H and O–H groups in total. The Bertz CT molecular complexity index is 222. The quantitative estimate of drug-likeness (QED) is 0.381. The second-order valence-electron chi connectivity index (χ2n) is 6.20. The lowest BCUT2D eigenvalue weighted by Crippen LogP contribution is -2.52. The summed E-state index contributed by atoms with van der Waals surface area (Å²) in [7, 11) is 4.46. The molecule has 0 aliphatic carbocycles. The molecule has 4 nitrogen and oxygen atoms in total. The van der Waals surface area contributed by atoms with Crippen LogP contribution in [0.4, 0.5) is 0 Å². The average molecular weight is 270 g/mol. The highest BCUT2D eigenvalue weighted by Crippen LogP contribution is 2.15. The molecule has 0 aromatic carbocycles. The SMILES string of the molecule is CCCCCCCC(CC1CN(C)CCN1C)NN. The van der Waals surface area contributed by atoms with Crippen LogP contribution in [0.5, 0.6) is 0 Å². The number of unbranched alkanes of at least 4 members (excludes halogenated alkanes) is 4. The molecule has 114 valence electrons. The zero-order valence-electron chi connectivity index (χ0n) is 13.2. The Hall–Kier alpha value is -0.160. The normalized spacial score (nSPS) is 23.7. The van der Waals surface area contributed by atoms with Crippen molar-refractivity contribution in [3.63, 3.8) is 0 Å². The van der Waals surface area contributed by atoms with E-state index in [1.807, 2.05) is 0 Å². The predicted molar refractivity (Wildman–Crippen MR) is 83.0 cm³/mol. The van der Waals surface area contributed by atoms with Gasteiger partial charge in [0.15, 0.2) is 0 Å². The molecule has 4 heteroatoms. The third-order valence-corrected chi connectivity index (χ3v) is 4.43. The molecular weight excluding hydrogens is 236 g/mol. The van der Waals surface area contributed by atoms with Gasteiger partial charge in [-0.15, -0.1) is 0 Å². The van der Waals surface area contributed by atoms with Gasteiger partial charge in [-0.25, -0.2) is 0 Å². The molecule has 1 saturated heterocycles. The molecule has 0 aromatic heterocycles. The first-order valence-corrected chi connectivity index (χ1v) is 8.02. The van der Waals surface area contributed by atoms with Crippen molar-refractivity contribution in [1.82, 2.24) is 15.2 Å². The first kappa shape index (κ1) is 16.9. The highest BCUT2D eigenvalue weighted by molar-refractivity contribution is 4.82. The summed E-state index contributed by atoms with van der Waals surface area (Å²) in [6.45, 7) is 5.80. The summed E-state index contributed by atoms with van der Waals surface area (Å²) in [5.74, 6) is 5.73. The van der Waals surface area contributed by atoms with Gasteiger partial charge in [0, 0.05) is 31.7 Å². The molecule has 0 radical (unpaired) electrons. The monoisotopic (exact) mass is 270 g/mol. The number of hydrogen-bond acceptors (Lipinski definition) is 4. The molecule has 2 atom stereocenters. The molecular formula is C15H34N4. The molecule has 1 fully saturated rings. The van der Waals surface area contributed by atoms with Crippen LogP contribution in [0, 0.1) is 0 Å². The standard InChI is InChI=1S/C15H34N4/c1-4-5-6-7-8-9-14(17-16)12-15-13-18(2)10-11-19(15)3/h14-15,17H,4-13,16H2,1-3H3. The zero-order valence-corrected chi connectivity index (χ0v) is 13.2. The second-order valence-corrected chi connectivity index (χ2v) is 6.20. The molecule has 0 bridgehead atoms. The summed E-state index contributed by atoms with van der Waals surface area (Å²) in [5, 5.41) is 0. The highest BCUT2D eigenvalue weighted by Gasteiger charge is 2.24. The van der Waals surface area contributed by atoms with Crippen LogP contribution in [0.1, 0.15) is 51.9 Å². The Balaban J connectivity index is 2.22. The maximum Gasteiger partial charge on any atom is 0.0235 e. The van der Waals surface area contributed by atoms with Crippen LogP contribution >= 0.6 is 0 Å². The van der Waals surface area contributed by atoms with Gasteiger partial charge in [0.1, 0.15) is 0 Å². The van der Waals surface area contributed by atoms with Gasteiger partial charge in [-0.3, -0.25) is 11.3 Å². The summed E-state index contributed by atoms with van der Waals surface area (Å²) in [4.78, 5) is 4.92. The average Bonchev–Trinajstić information content (AvgIpc) is 2.41. The van der Waals surface area contributed by atoms with E-state index in [-0.39, 0.29) is 0 Å². The van der Waals surface area contributed by atoms with E-state index in [4.69, 9.17) is 5.84 Å². The Morgan fingerprint density at radius 1 is 1.16 bits per heavy atom. The first-order chi connectivity index (χ1) is 9.17. The molecule has 1 heterocycles. The highest BCUT2D eigenvalue weighted by atomic mass is 15.3. The van der Waals surface area contributed by atoms with Gasteiger partial charge in [0.05, 0.1) is 0 Å². The van der Waals surface area contributed by atoms with Gasteiger partial charge in [-0.05, 0) is 26.9 Å². The predicted octanol–water partition coefficient (Wildman–Crippen LogP) is 1.81. The third-order valence-electron chi connectivity index (χ3n) is 4.43. The molecule has 0 aromatic rings. The number of piperazine rings is 1. The number of likely N-dealkylation sites (N-methyl/N-ethyl adjacent to an activating group) is 2. The van der Waals surface area contributed by atoms with Crippen molar-refractivity contribution in [1.29, 1.82) is 0 Å². The maximum absolute atomic E-state index is 5.73. The van der Waals surface area contributed by atoms with Crippen LogP contribution in [-0.4, -0.2) is 55.6 Å². The van der Waals surface area contributed by atoms with Crippen LogP contribution in [0.15, 0.2) is 0 Å². The number of nitrogens with zero attached hydrogens (tertiary/aromatic N) is 2. The van der Waals surface area contributed by atoms with Gasteiger partial charge < -0.3 is 9.80 Å². The van der Waals surface area contributed by atoms with Crippen molar-refractivity contribution in [2.45, 2.75) is 64.0 Å². The fraction of sp³-hybridized carbons (Fsp3) is 1.00. The Labute approximate surface area is 119 Å². The van der Waals surface area contributed by atoms with E-state index in [1.165, 1.54) is 64.6 Å². The maximum atomic E-state index is 5.73. The van der Waals surface area contributed by atoms with Crippen molar-refractivity contribution < 1.29 is 0 Å². The number of nitrogens with one attached hydrogen (secondary N) is 1. The van der Waals surface area contributed by atoms with E-state index < -0.39 is 0 Å². The van der Waals surface area contributed by atoms with Crippen LogP contribution in [0.25, 0.3) is 0 Å². The molecule has 1 rings (SSSR count). The van der Waals surface area contributed by atoms with Crippen molar-refractivity contribution in [2.75, 3.05) is 33.7 Å². The number of hydrogen-bond donors (Lipinski definition) is 2. The van der Waals surface area contributed by atoms with Crippen LogP contribution in [0.3, 0.4) is 0 Å². The van der Waals surface area contributed by atoms with E-state index in [0.717, 1.165) is 0 Å². The van der Waals surface area contributed by atoms with Crippen LogP contribution in [0.2, 0.25) is 0 Å². The van der Waals surface area contributed by atoms with Crippen molar-refractivity contribution in [3.05, 3.63) is 0 Å². The summed E-state index contributed by atoms with van der Waals surface area (Å²) in [6.07, 6.45) is 9.11. The first-order valence-electron chi connectivity index (χ1n) is 8.02. The molecule has 2 unspecified atom stereocenters. The van der Waals surface area contributed by atoms with Crippen LogP contribution in [-0.2, 0) is 0 Å². The Morgan fingerprint density at radius 3 is 2.58 bits per heavy atom. The third kappa shape index (κ3) is 6.70. The van der Waals surface area contributed by atoms with Crippen molar-refractivity contribution in [2.24, 2.45) is 5.84 Å². The minimum absolute atomic E-state index is 0.473. The fourth-order valence-electron chi connectivity index (χ4n) is 2.95. The lowest BCUT2D eigenvalue weighted by atomic mass is 9.98. The lowest BCUT2D eigenvalue weighted by molar-refractivity contribution is 0.0998. The summed E-state index contributed by atoms with van der Waals surface area (Å²) in [5.41, 5.74) is 3.03. The number of nitrogens with two attached hydrogens (primary N) is 1. The number of rotatable bonds is 9. The van der Waals surface area contributed by atoms with Crippen molar-refractivity contribution in [3.8, 4) is 0 Å². The van der Waals surface area contributed by atoms with Crippen molar-refractivity contribution >= 4 is 0 Å². The minimum atomic E-state index is 0.473. The van der Waals surface area contributed by atoms with E-state index in [0.29, 0.717) is 12.1 Å². The Morgan fingerprint density at radius 2 is 1.89 bits per heavy atom. The van der Waals surface area contributed by atoms with E-state index in [9.17, 15) is 0 Å². The molecule has 0 amide bonds. The van der Waals surface area contributed by atoms with Gasteiger partial charge >= 0.3 is 0 Å². The number of hydrazine groups is 1. The molecule has 1 aliphatic rings. The van der Waals surface area contributed by atoms with Gasteiger partial charge in [-0.1, -0.05) is 39.0 Å². The van der Waals surface area contributed by atoms with Gasteiger partial charge in [0.25, 0.3) is 0 Å². The fourth-order valence-corrected chi connectivity index (χ4v) is 2.95. The van der Waals surface area contributed by atoms with Crippen LogP contribution < -0.4 is 11.3 Å². The topological polar surface area (TPSA) is 44.5 Å². The van der Waals surface area contributed by atoms with Gasteiger partial charge in [-0.2, -0.15) is 0 Å². The summed E-state index contributed by atoms with van der Waals surface area (Å²) < 4.78 is 0. The molecule has 0 saturated carbocycles. The smallest absolute Gasteiger partial charge is 0.0235 e. The minimum Gasteiger partial charge on any atom is -0.304 e. The van der Waals surface area contributed by atoms with E-state index >= 15 is 0 Å². The largest absolute Gasteiger partial charge is 0.304 e. The van der Waals surface area contributed by atoms with Gasteiger partial charge in [0.2, 0.25) is 0 Å². The molecule has 0 spiro atoms. The van der Waals surface area contributed by atoms with E-state index in [2.05, 4.69) is 36.2 Å². The molecule has 1 aliphatic heterocycles. The Kier molecular flexibility index (Phi) is 8.62. The zero-order chi connectivity index (χ0) is 14.1.